The fourth-order valence-corrected chi connectivity index (χ4v) is 2.28. The number of phenolic OH excluding ortho intramolecular Hbond substituents is 4. The molecule has 0 saturated heterocycles. The van der Waals surface area contributed by atoms with Gasteiger partial charge in [-0.2, -0.15) is 0 Å². The van der Waals surface area contributed by atoms with Crippen molar-refractivity contribution < 1.29 is 20.4 Å². The summed E-state index contributed by atoms with van der Waals surface area (Å²) in [6.07, 6.45) is 0. The third kappa shape index (κ3) is 2.18. The topological polar surface area (TPSA) is 93.8 Å². The van der Waals surface area contributed by atoms with Gasteiger partial charge in [-0.05, 0) is 48.7 Å². The van der Waals surface area contributed by atoms with Crippen molar-refractivity contribution in [2.75, 3.05) is 0 Å². The minimum atomic E-state index is -0.222. The van der Waals surface area contributed by atoms with Gasteiger partial charge in [-0.15, -0.1) is 0 Å². The number of nitrogens with zero attached hydrogens (tertiary/aromatic N) is 1. The van der Waals surface area contributed by atoms with Crippen LogP contribution in [0.5, 0.6) is 23.0 Å². The lowest BCUT2D eigenvalue weighted by Crippen LogP contribution is -1.90. The lowest BCUT2D eigenvalue weighted by atomic mass is 10.0. The number of pyridine rings is 1. The standard InChI is InChI=1S/C16H13NO4/c1-8-11-7-16(21)15(20)6-10(11)4-12(17-8)9-2-3-13(18)14(19)5-9/h2-7,18-21H,1H3. The molecule has 0 amide bonds. The SMILES string of the molecule is Cc1nc(-c2ccc(O)c(O)c2)cc2cc(O)c(O)cc12. The molecule has 0 spiro atoms. The quantitative estimate of drug-likeness (QED) is 0.515. The molecule has 0 atom stereocenters. The number of aromatic nitrogens is 1. The lowest BCUT2D eigenvalue weighted by molar-refractivity contribution is 0.404. The first-order valence-corrected chi connectivity index (χ1v) is 6.31. The van der Waals surface area contributed by atoms with Crippen LogP contribution < -0.4 is 0 Å². The van der Waals surface area contributed by atoms with Gasteiger partial charge >= 0.3 is 0 Å². The van der Waals surface area contributed by atoms with Crippen LogP contribution in [0.1, 0.15) is 5.69 Å². The molecule has 0 radical (unpaired) electrons. The van der Waals surface area contributed by atoms with Gasteiger partial charge in [-0.25, -0.2) is 0 Å². The van der Waals surface area contributed by atoms with Gasteiger partial charge in [-0.1, -0.05) is 0 Å². The zero-order valence-corrected chi connectivity index (χ0v) is 11.2. The number of hydrogen-bond donors (Lipinski definition) is 4. The van der Waals surface area contributed by atoms with E-state index in [9.17, 15) is 20.4 Å². The highest BCUT2D eigenvalue weighted by atomic mass is 16.3. The summed E-state index contributed by atoms with van der Waals surface area (Å²) in [4.78, 5) is 4.43. The first-order valence-electron chi connectivity index (χ1n) is 6.31. The molecule has 0 aliphatic rings. The number of rotatable bonds is 1. The van der Waals surface area contributed by atoms with E-state index in [1.165, 1.54) is 24.3 Å². The molecule has 1 heterocycles. The normalized spacial score (nSPS) is 10.9. The van der Waals surface area contributed by atoms with Crippen molar-refractivity contribution >= 4 is 10.8 Å². The molecule has 21 heavy (non-hydrogen) atoms. The van der Waals surface area contributed by atoms with E-state index in [0.717, 1.165) is 10.8 Å². The second kappa shape index (κ2) is 4.56. The second-order valence-electron chi connectivity index (χ2n) is 4.86. The molecule has 0 aliphatic carbocycles. The van der Waals surface area contributed by atoms with Crippen molar-refractivity contribution in [3.63, 3.8) is 0 Å². The third-order valence-electron chi connectivity index (χ3n) is 3.39. The first-order chi connectivity index (χ1) is 9.95. The fraction of sp³-hybridized carbons (Fsp3) is 0.0625. The molecular weight excluding hydrogens is 270 g/mol. The van der Waals surface area contributed by atoms with E-state index in [2.05, 4.69) is 4.98 Å². The maximum absolute atomic E-state index is 9.61. The Balaban J connectivity index is 2.24. The molecule has 1 aromatic heterocycles. The summed E-state index contributed by atoms with van der Waals surface area (Å²) in [6, 6.07) is 9.12. The fourth-order valence-electron chi connectivity index (χ4n) is 2.28. The summed E-state index contributed by atoms with van der Waals surface area (Å²) in [5.74, 6) is -0.811. The van der Waals surface area contributed by atoms with Crippen LogP contribution in [-0.4, -0.2) is 25.4 Å². The second-order valence-corrected chi connectivity index (χ2v) is 4.86. The van der Waals surface area contributed by atoms with Gasteiger partial charge in [0, 0.05) is 16.6 Å². The number of aromatic hydroxyl groups is 4. The molecule has 0 fully saturated rings. The zero-order valence-electron chi connectivity index (χ0n) is 11.2. The highest BCUT2D eigenvalue weighted by Gasteiger charge is 2.10. The summed E-state index contributed by atoms with van der Waals surface area (Å²) in [5, 5.41) is 39.5. The van der Waals surface area contributed by atoms with Gasteiger partial charge in [0.1, 0.15) is 0 Å². The van der Waals surface area contributed by atoms with E-state index < -0.39 is 0 Å². The first kappa shape index (κ1) is 13.1. The molecule has 5 nitrogen and oxygen atoms in total. The number of hydrogen-bond acceptors (Lipinski definition) is 5. The zero-order chi connectivity index (χ0) is 15.1. The lowest BCUT2D eigenvalue weighted by Gasteiger charge is -2.09. The van der Waals surface area contributed by atoms with Crippen molar-refractivity contribution in [1.29, 1.82) is 0 Å². The highest BCUT2D eigenvalue weighted by molar-refractivity contribution is 5.90. The largest absolute Gasteiger partial charge is 0.504 e. The number of phenols is 4. The molecule has 5 heteroatoms. The van der Waals surface area contributed by atoms with Gasteiger partial charge in [0.2, 0.25) is 0 Å². The molecule has 2 aromatic carbocycles. The molecule has 106 valence electrons. The minimum absolute atomic E-state index is 0.192. The van der Waals surface area contributed by atoms with Crippen LogP contribution in [0.15, 0.2) is 36.4 Å². The summed E-state index contributed by atoms with van der Waals surface area (Å²) in [7, 11) is 0. The van der Waals surface area contributed by atoms with Gasteiger partial charge in [0.15, 0.2) is 23.0 Å². The summed E-state index contributed by atoms with van der Waals surface area (Å²) in [6.45, 7) is 1.79. The van der Waals surface area contributed by atoms with Crippen molar-refractivity contribution in [3.05, 3.63) is 42.1 Å². The van der Waals surface area contributed by atoms with Crippen LogP contribution in [0.25, 0.3) is 22.0 Å². The van der Waals surface area contributed by atoms with E-state index in [4.69, 9.17) is 0 Å². The van der Waals surface area contributed by atoms with Gasteiger partial charge < -0.3 is 20.4 Å². The van der Waals surface area contributed by atoms with Crippen LogP contribution >= 0.6 is 0 Å². The van der Waals surface area contributed by atoms with Crippen LogP contribution in [0, 0.1) is 6.92 Å². The minimum Gasteiger partial charge on any atom is -0.504 e. The smallest absolute Gasteiger partial charge is 0.158 e. The third-order valence-corrected chi connectivity index (χ3v) is 3.39. The molecular formula is C16H13NO4. The van der Waals surface area contributed by atoms with Crippen LogP contribution in [0.2, 0.25) is 0 Å². The average Bonchev–Trinajstić information content (AvgIpc) is 2.44. The maximum atomic E-state index is 9.61. The van der Waals surface area contributed by atoms with Crippen molar-refractivity contribution in [1.82, 2.24) is 4.98 Å². The monoisotopic (exact) mass is 283 g/mol. The van der Waals surface area contributed by atoms with E-state index in [1.54, 1.807) is 19.1 Å². The Morgan fingerprint density at radius 3 is 2.14 bits per heavy atom. The Morgan fingerprint density at radius 1 is 0.762 bits per heavy atom. The summed E-state index contributed by atoms with van der Waals surface area (Å²) in [5.41, 5.74) is 1.92. The molecule has 0 saturated carbocycles. The Morgan fingerprint density at radius 2 is 1.43 bits per heavy atom. The highest BCUT2D eigenvalue weighted by Crippen LogP contribution is 2.35. The molecule has 3 rings (SSSR count). The molecule has 4 N–H and O–H groups in total. The van der Waals surface area contributed by atoms with Gasteiger partial charge in [0.05, 0.1) is 5.69 Å². The summed E-state index contributed by atoms with van der Waals surface area (Å²) >= 11 is 0. The maximum Gasteiger partial charge on any atom is 0.158 e. The molecule has 0 aliphatic heterocycles. The van der Waals surface area contributed by atoms with E-state index in [-0.39, 0.29) is 23.0 Å². The van der Waals surface area contributed by atoms with E-state index in [1.807, 2.05) is 0 Å². The van der Waals surface area contributed by atoms with Crippen LogP contribution in [0.3, 0.4) is 0 Å². The Kier molecular flexibility index (Phi) is 2.83. The number of aryl methyl sites for hydroxylation is 1. The van der Waals surface area contributed by atoms with Crippen LogP contribution in [-0.2, 0) is 0 Å². The predicted octanol–water partition coefficient (Wildman–Crippen LogP) is 3.03. The van der Waals surface area contributed by atoms with Crippen LogP contribution in [0.4, 0.5) is 0 Å². The van der Waals surface area contributed by atoms with E-state index in [0.29, 0.717) is 17.0 Å². The van der Waals surface area contributed by atoms with E-state index >= 15 is 0 Å². The molecule has 0 unspecified atom stereocenters. The summed E-state index contributed by atoms with van der Waals surface area (Å²) < 4.78 is 0. The van der Waals surface area contributed by atoms with Crippen molar-refractivity contribution in [3.8, 4) is 34.3 Å². The molecule has 3 aromatic rings. The van der Waals surface area contributed by atoms with Gasteiger partial charge in [-0.3, -0.25) is 4.98 Å². The van der Waals surface area contributed by atoms with Crippen molar-refractivity contribution in [2.24, 2.45) is 0 Å². The predicted molar refractivity (Wildman–Crippen MR) is 78.6 cm³/mol. The number of fused-ring (bicyclic) bond motifs is 1. The van der Waals surface area contributed by atoms with Crippen molar-refractivity contribution in [2.45, 2.75) is 6.92 Å². The Labute approximate surface area is 120 Å². The average molecular weight is 283 g/mol. The Bertz CT molecular complexity index is 859. The molecule has 0 bridgehead atoms. The Hall–Kier alpha value is -2.95. The number of benzene rings is 2. The van der Waals surface area contributed by atoms with Gasteiger partial charge in [0.25, 0.3) is 0 Å².